The number of nitrogens with one attached hydrogen (secondary N) is 1. The number of hydrogen-bond acceptors (Lipinski definition) is 3. The second-order valence-electron chi connectivity index (χ2n) is 6.60. The van der Waals surface area contributed by atoms with Crippen LogP contribution in [0.2, 0.25) is 0 Å². The third-order valence-electron chi connectivity index (χ3n) is 5.11. The fourth-order valence-electron chi connectivity index (χ4n) is 3.96. The molecule has 1 amide bonds. The van der Waals surface area contributed by atoms with Crippen LogP contribution in [0, 0.1) is 12.8 Å². The van der Waals surface area contributed by atoms with Crippen LogP contribution in [0.15, 0.2) is 0 Å². The number of anilines is 1. The van der Waals surface area contributed by atoms with Gasteiger partial charge in [-0.2, -0.15) is 5.10 Å². The summed E-state index contributed by atoms with van der Waals surface area (Å²) in [4.78, 5) is 12.0. The van der Waals surface area contributed by atoms with Crippen LogP contribution in [0.3, 0.4) is 0 Å². The van der Waals surface area contributed by atoms with Crippen LogP contribution in [-0.4, -0.2) is 21.7 Å². The van der Waals surface area contributed by atoms with Crippen molar-refractivity contribution in [3.8, 4) is 0 Å². The summed E-state index contributed by atoms with van der Waals surface area (Å²) >= 11 is 0. The average Bonchev–Trinajstić information content (AvgIpc) is 2.76. The fourth-order valence-corrected chi connectivity index (χ4v) is 3.96. The zero-order valence-electron chi connectivity index (χ0n) is 13.1. The van der Waals surface area contributed by atoms with Gasteiger partial charge in [-0.3, -0.25) is 9.48 Å². The number of fused-ring (bicyclic) bond motifs is 1. The van der Waals surface area contributed by atoms with Crippen LogP contribution < -0.4 is 11.1 Å². The predicted octanol–water partition coefficient (Wildman–Crippen LogP) is 2.54. The number of nitrogens with zero attached hydrogens (tertiary/aromatic N) is 2. The number of carbonyl (C=O) groups is 1. The lowest BCUT2D eigenvalue weighted by Gasteiger charge is -2.34. The van der Waals surface area contributed by atoms with Gasteiger partial charge in [0, 0.05) is 36.2 Å². The quantitative estimate of drug-likeness (QED) is 0.898. The Morgan fingerprint density at radius 2 is 2.05 bits per heavy atom. The van der Waals surface area contributed by atoms with E-state index >= 15 is 0 Å². The minimum Gasteiger partial charge on any atom is -0.328 e. The molecular weight excluding hydrogens is 264 g/mol. The maximum atomic E-state index is 12.0. The maximum absolute atomic E-state index is 12.0. The monoisotopic (exact) mass is 290 g/mol. The summed E-state index contributed by atoms with van der Waals surface area (Å²) in [5, 5.41) is 7.57. The van der Waals surface area contributed by atoms with Crippen LogP contribution in [0.25, 0.3) is 0 Å². The third kappa shape index (κ3) is 2.71. The first-order chi connectivity index (χ1) is 10.1. The molecule has 1 unspecified atom stereocenters. The molecule has 2 aliphatic rings. The van der Waals surface area contributed by atoms with Crippen molar-refractivity contribution in [1.82, 2.24) is 9.78 Å². The molecule has 0 spiro atoms. The molecular formula is C16H26N4O. The summed E-state index contributed by atoms with van der Waals surface area (Å²) in [5.74, 6) is 1.82. The maximum Gasteiger partial charge on any atom is 0.226 e. The molecule has 3 rings (SSSR count). The topological polar surface area (TPSA) is 72.9 Å². The average molecular weight is 290 g/mol. The zero-order valence-corrected chi connectivity index (χ0v) is 13.1. The first kappa shape index (κ1) is 14.6. The number of rotatable bonds is 3. The van der Waals surface area contributed by atoms with E-state index in [4.69, 9.17) is 5.73 Å². The van der Waals surface area contributed by atoms with Crippen molar-refractivity contribution in [1.29, 1.82) is 0 Å². The van der Waals surface area contributed by atoms with Crippen molar-refractivity contribution in [3.05, 3.63) is 11.3 Å². The number of aryl methyl sites for hydroxylation is 1. The standard InChI is InChI=1S/C16H26N4O/c1-3-8-20-10(2)15-13(9-14(21)18-16(15)19-20)11-4-6-12(17)7-5-11/h11-13H,3-9,17H2,1-2H3,(H,18,19,21). The van der Waals surface area contributed by atoms with Gasteiger partial charge in [0.15, 0.2) is 5.82 Å². The SMILES string of the molecule is CCCn1nc2c(c1C)C(C1CCC(N)CC1)CC(=O)N2. The Morgan fingerprint density at radius 3 is 2.71 bits per heavy atom. The summed E-state index contributed by atoms with van der Waals surface area (Å²) in [5.41, 5.74) is 8.54. The van der Waals surface area contributed by atoms with Crippen molar-refractivity contribution in [2.75, 3.05) is 5.32 Å². The zero-order chi connectivity index (χ0) is 15.0. The third-order valence-corrected chi connectivity index (χ3v) is 5.11. The van der Waals surface area contributed by atoms with Gasteiger partial charge in [-0.15, -0.1) is 0 Å². The van der Waals surface area contributed by atoms with Crippen LogP contribution in [0.1, 0.15) is 62.6 Å². The predicted molar refractivity (Wildman–Crippen MR) is 83.2 cm³/mol. The molecule has 1 aliphatic heterocycles. The minimum atomic E-state index is 0.114. The summed E-state index contributed by atoms with van der Waals surface area (Å²) < 4.78 is 2.05. The van der Waals surface area contributed by atoms with E-state index < -0.39 is 0 Å². The Balaban J connectivity index is 1.91. The number of carbonyl (C=O) groups excluding carboxylic acids is 1. The van der Waals surface area contributed by atoms with E-state index in [1.165, 1.54) is 11.3 Å². The summed E-state index contributed by atoms with van der Waals surface area (Å²) in [7, 11) is 0. The molecule has 116 valence electrons. The highest BCUT2D eigenvalue weighted by Crippen LogP contribution is 2.44. The Morgan fingerprint density at radius 1 is 1.33 bits per heavy atom. The molecule has 5 heteroatoms. The molecule has 2 heterocycles. The summed E-state index contributed by atoms with van der Waals surface area (Å²) in [6.45, 7) is 5.20. The first-order valence-corrected chi connectivity index (χ1v) is 8.22. The molecule has 0 radical (unpaired) electrons. The smallest absolute Gasteiger partial charge is 0.226 e. The normalized spacial score (nSPS) is 29.1. The highest BCUT2D eigenvalue weighted by molar-refractivity contribution is 5.93. The van der Waals surface area contributed by atoms with Gasteiger partial charge in [0.05, 0.1) is 0 Å². The number of amides is 1. The van der Waals surface area contributed by atoms with Crippen molar-refractivity contribution >= 4 is 11.7 Å². The molecule has 1 aliphatic carbocycles. The van der Waals surface area contributed by atoms with E-state index in [9.17, 15) is 4.79 Å². The molecule has 21 heavy (non-hydrogen) atoms. The largest absolute Gasteiger partial charge is 0.328 e. The van der Waals surface area contributed by atoms with Gasteiger partial charge >= 0.3 is 0 Å². The van der Waals surface area contributed by atoms with Gasteiger partial charge in [0.1, 0.15) is 0 Å². The van der Waals surface area contributed by atoms with E-state index in [0.717, 1.165) is 44.5 Å². The van der Waals surface area contributed by atoms with E-state index in [1.807, 2.05) is 0 Å². The van der Waals surface area contributed by atoms with E-state index in [1.54, 1.807) is 0 Å². The molecule has 1 atom stereocenters. The minimum absolute atomic E-state index is 0.114. The lowest BCUT2D eigenvalue weighted by molar-refractivity contribution is -0.117. The Hall–Kier alpha value is -1.36. The summed E-state index contributed by atoms with van der Waals surface area (Å²) in [6, 6.07) is 0.349. The van der Waals surface area contributed by atoms with Crippen molar-refractivity contribution in [2.45, 2.75) is 70.9 Å². The molecule has 5 nitrogen and oxygen atoms in total. The van der Waals surface area contributed by atoms with Gasteiger partial charge in [0.2, 0.25) is 5.91 Å². The molecule has 0 bridgehead atoms. The van der Waals surface area contributed by atoms with Crippen LogP contribution >= 0.6 is 0 Å². The van der Waals surface area contributed by atoms with Gasteiger partial charge in [-0.05, 0) is 44.9 Å². The van der Waals surface area contributed by atoms with Crippen LogP contribution in [0.5, 0.6) is 0 Å². The van der Waals surface area contributed by atoms with Crippen LogP contribution in [0.4, 0.5) is 5.82 Å². The Kier molecular flexibility index (Phi) is 4.02. The van der Waals surface area contributed by atoms with Gasteiger partial charge in [0.25, 0.3) is 0 Å². The van der Waals surface area contributed by atoms with Crippen molar-refractivity contribution in [3.63, 3.8) is 0 Å². The molecule has 3 N–H and O–H groups in total. The highest BCUT2D eigenvalue weighted by atomic mass is 16.1. The first-order valence-electron chi connectivity index (χ1n) is 8.22. The molecule has 0 aromatic carbocycles. The second kappa shape index (κ2) is 5.79. The van der Waals surface area contributed by atoms with Gasteiger partial charge in [-0.25, -0.2) is 0 Å². The second-order valence-corrected chi connectivity index (χ2v) is 6.60. The lowest BCUT2D eigenvalue weighted by atomic mass is 9.73. The lowest BCUT2D eigenvalue weighted by Crippen LogP contribution is -2.32. The van der Waals surface area contributed by atoms with Crippen molar-refractivity contribution < 1.29 is 4.79 Å². The molecule has 1 aromatic rings. The van der Waals surface area contributed by atoms with E-state index in [0.29, 0.717) is 24.3 Å². The molecule has 1 fully saturated rings. The highest BCUT2D eigenvalue weighted by Gasteiger charge is 2.36. The summed E-state index contributed by atoms with van der Waals surface area (Å²) in [6.07, 6.45) is 6.10. The molecule has 0 saturated heterocycles. The molecule has 1 saturated carbocycles. The number of hydrogen-bond donors (Lipinski definition) is 2. The number of nitrogens with two attached hydrogens (primary N) is 1. The van der Waals surface area contributed by atoms with E-state index in [-0.39, 0.29) is 5.91 Å². The molecule has 1 aromatic heterocycles. The van der Waals surface area contributed by atoms with Gasteiger partial charge in [-0.1, -0.05) is 6.92 Å². The van der Waals surface area contributed by atoms with E-state index in [2.05, 4.69) is 28.9 Å². The Labute approximate surface area is 126 Å². The van der Waals surface area contributed by atoms with Crippen LogP contribution in [-0.2, 0) is 11.3 Å². The fraction of sp³-hybridized carbons (Fsp3) is 0.750. The number of aromatic nitrogens is 2. The van der Waals surface area contributed by atoms with Crippen molar-refractivity contribution in [2.24, 2.45) is 11.7 Å². The Bertz CT molecular complexity index is 529. The van der Waals surface area contributed by atoms with Gasteiger partial charge < -0.3 is 11.1 Å².